The fourth-order valence-electron chi connectivity index (χ4n) is 2.10. The second kappa shape index (κ2) is 5.26. The minimum atomic E-state index is -0.916. The number of ether oxygens (including phenoxy) is 2. The molecular formula is C11H17N3O4. The molecule has 7 nitrogen and oxygen atoms in total. The van der Waals surface area contributed by atoms with E-state index in [-0.39, 0.29) is 12.0 Å². The van der Waals surface area contributed by atoms with Crippen LogP contribution in [0.25, 0.3) is 0 Å². The van der Waals surface area contributed by atoms with Gasteiger partial charge in [0.25, 0.3) is 0 Å². The smallest absolute Gasteiger partial charge is 0.407 e. The summed E-state index contributed by atoms with van der Waals surface area (Å²) < 4.78 is 12.5. The van der Waals surface area contributed by atoms with Gasteiger partial charge < -0.3 is 19.5 Å². The lowest BCUT2D eigenvalue weighted by atomic mass is 10.1. The summed E-state index contributed by atoms with van der Waals surface area (Å²) >= 11 is 0. The van der Waals surface area contributed by atoms with E-state index in [0.717, 1.165) is 0 Å². The highest BCUT2D eigenvalue weighted by Gasteiger charge is 2.35. The minimum absolute atomic E-state index is 0.0475. The van der Waals surface area contributed by atoms with Crippen molar-refractivity contribution in [3.63, 3.8) is 0 Å². The molecule has 1 fully saturated rings. The number of hydrogen-bond acceptors (Lipinski definition) is 4. The molecule has 7 heteroatoms. The molecule has 0 bridgehead atoms. The van der Waals surface area contributed by atoms with Crippen molar-refractivity contribution in [1.29, 1.82) is 0 Å². The Balaban J connectivity index is 1.90. The standard InChI is InChI=1S/C11H17N3O4/c1-13-5-9(3-12-13)18-7-8-4-14(11(15)16)6-10(8)17-2/h3,5,8,10H,4,6-7H2,1-2H3,(H,15,16)/t8-,10+/m0/s1. The van der Waals surface area contributed by atoms with Crippen LogP contribution in [0, 0.1) is 5.92 Å². The fraction of sp³-hybridized carbons (Fsp3) is 0.636. The normalized spacial score (nSPS) is 23.3. The summed E-state index contributed by atoms with van der Waals surface area (Å²) in [7, 11) is 3.40. The van der Waals surface area contributed by atoms with Gasteiger partial charge in [0.2, 0.25) is 0 Å². The summed E-state index contributed by atoms with van der Waals surface area (Å²) in [5.41, 5.74) is 0. The molecule has 1 aromatic heterocycles. The van der Waals surface area contributed by atoms with Crippen LogP contribution in [0.3, 0.4) is 0 Å². The number of likely N-dealkylation sites (tertiary alicyclic amines) is 1. The Labute approximate surface area is 105 Å². The molecule has 1 aliphatic heterocycles. The van der Waals surface area contributed by atoms with Crippen LogP contribution in [0.5, 0.6) is 5.75 Å². The lowest BCUT2D eigenvalue weighted by Gasteiger charge is -2.16. The van der Waals surface area contributed by atoms with Gasteiger partial charge in [0.1, 0.15) is 0 Å². The Morgan fingerprint density at radius 3 is 2.94 bits per heavy atom. The molecule has 1 amide bonds. The third-order valence-corrected chi connectivity index (χ3v) is 3.10. The van der Waals surface area contributed by atoms with Crippen molar-refractivity contribution in [2.24, 2.45) is 13.0 Å². The van der Waals surface area contributed by atoms with E-state index in [1.807, 2.05) is 7.05 Å². The molecule has 1 aliphatic rings. The number of carboxylic acid groups (broad SMARTS) is 1. The summed E-state index contributed by atoms with van der Waals surface area (Å²) in [6.07, 6.45) is 2.37. The number of aromatic nitrogens is 2. The van der Waals surface area contributed by atoms with Crippen molar-refractivity contribution >= 4 is 6.09 Å². The maximum absolute atomic E-state index is 10.9. The maximum atomic E-state index is 10.9. The zero-order chi connectivity index (χ0) is 13.1. The summed E-state index contributed by atoms with van der Waals surface area (Å²) in [6.45, 7) is 1.26. The fourth-order valence-corrected chi connectivity index (χ4v) is 2.10. The number of aryl methyl sites for hydroxylation is 1. The van der Waals surface area contributed by atoms with E-state index in [0.29, 0.717) is 25.4 Å². The Kier molecular flexibility index (Phi) is 3.71. The van der Waals surface area contributed by atoms with Gasteiger partial charge in [0.05, 0.1) is 31.6 Å². The molecule has 2 atom stereocenters. The van der Waals surface area contributed by atoms with Crippen molar-refractivity contribution in [3.05, 3.63) is 12.4 Å². The van der Waals surface area contributed by atoms with Gasteiger partial charge in [-0.15, -0.1) is 0 Å². The minimum Gasteiger partial charge on any atom is -0.490 e. The Hall–Kier alpha value is -1.76. The maximum Gasteiger partial charge on any atom is 0.407 e. The predicted molar refractivity (Wildman–Crippen MR) is 62.6 cm³/mol. The lowest BCUT2D eigenvalue weighted by Crippen LogP contribution is -2.28. The lowest BCUT2D eigenvalue weighted by molar-refractivity contribution is 0.0603. The van der Waals surface area contributed by atoms with Crippen LogP contribution in [0.15, 0.2) is 12.4 Å². The van der Waals surface area contributed by atoms with Crippen LogP contribution in [-0.2, 0) is 11.8 Å². The molecule has 1 saturated heterocycles. The van der Waals surface area contributed by atoms with E-state index in [4.69, 9.17) is 14.6 Å². The van der Waals surface area contributed by atoms with Gasteiger partial charge >= 0.3 is 6.09 Å². The van der Waals surface area contributed by atoms with Gasteiger partial charge in [-0.2, -0.15) is 5.10 Å². The molecule has 0 saturated carbocycles. The molecule has 0 aromatic carbocycles. The van der Waals surface area contributed by atoms with E-state index >= 15 is 0 Å². The number of nitrogens with zero attached hydrogens (tertiary/aromatic N) is 3. The summed E-state index contributed by atoms with van der Waals surface area (Å²) in [4.78, 5) is 12.3. The van der Waals surface area contributed by atoms with E-state index < -0.39 is 6.09 Å². The van der Waals surface area contributed by atoms with Gasteiger partial charge in [-0.25, -0.2) is 4.79 Å². The molecule has 18 heavy (non-hydrogen) atoms. The first-order valence-electron chi connectivity index (χ1n) is 5.72. The number of methoxy groups -OCH3 is 1. The largest absolute Gasteiger partial charge is 0.490 e. The molecule has 2 rings (SSSR count). The van der Waals surface area contributed by atoms with Crippen LogP contribution in [-0.4, -0.2) is 58.8 Å². The van der Waals surface area contributed by atoms with E-state index in [2.05, 4.69) is 5.10 Å². The number of rotatable bonds is 4. The highest BCUT2D eigenvalue weighted by atomic mass is 16.5. The van der Waals surface area contributed by atoms with Crippen molar-refractivity contribution in [2.45, 2.75) is 6.10 Å². The second-order valence-corrected chi connectivity index (χ2v) is 4.38. The van der Waals surface area contributed by atoms with Crippen LogP contribution < -0.4 is 4.74 Å². The van der Waals surface area contributed by atoms with E-state index in [1.165, 1.54) is 4.90 Å². The van der Waals surface area contributed by atoms with Crippen LogP contribution >= 0.6 is 0 Å². The molecule has 2 heterocycles. The summed E-state index contributed by atoms with van der Waals surface area (Å²) in [5, 5.41) is 12.9. The first-order chi connectivity index (χ1) is 8.60. The highest BCUT2D eigenvalue weighted by molar-refractivity contribution is 5.65. The molecule has 1 aromatic rings. The molecule has 0 unspecified atom stereocenters. The quantitative estimate of drug-likeness (QED) is 0.844. The number of hydrogen-bond donors (Lipinski definition) is 1. The van der Waals surface area contributed by atoms with Gasteiger partial charge in [-0.05, 0) is 0 Å². The van der Waals surface area contributed by atoms with Gasteiger partial charge in [-0.3, -0.25) is 4.68 Å². The monoisotopic (exact) mass is 255 g/mol. The summed E-state index contributed by atoms with van der Waals surface area (Å²) in [5.74, 6) is 0.729. The Morgan fingerprint density at radius 1 is 1.61 bits per heavy atom. The van der Waals surface area contributed by atoms with Crippen LogP contribution in [0.4, 0.5) is 4.79 Å². The number of amides is 1. The van der Waals surface area contributed by atoms with Gasteiger partial charge in [0, 0.05) is 26.6 Å². The van der Waals surface area contributed by atoms with Crippen molar-refractivity contribution in [1.82, 2.24) is 14.7 Å². The highest BCUT2D eigenvalue weighted by Crippen LogP contribution is 2.21. The Bertz CT molecular complexity index is 420. The molecule has 0 aliphatic carbocycles. The third-order valence-electron chi connectivity index (χ3n) is 3.10. The van der Waals surface area contributed by atoms with Crippen LogP contribution in [0.1, 0.15) is 0 Å². The third kappa shape index (κ3) is 2.73. The topological polar surface area (TPSA) is 76.8 Å². The molecular weight excluding hydrogens is 238 g/mol. The average Bonchev–Trinajstić information content (AvgIpc) is 2.92. The predicted octanol–water partition coefficient (Wildman–Crippen LogP) is 0.424. The van der Waals surface area contributed by atoms with Crippen LogP contribution in [0.2, 0.25) is 0 Å². The molecule has 0 radical (unpaired) electrons. The van der Waals surface area contributed by atoms with Gasteiger partial charge in [-0.1, -0.05) is 0 Å². The first kappa shape index (κ1) is 12.7. The molecule has 100 valence electrons. The Morgan fingerprint density at radius 2 is 2.39 bits per heavy atom. The average molecular weight is 255 g/mol. The van der Waals surface area contributed by atoms with Crippen molar-refractivity contribution in [2.75, 3.05) is 26.8 Å². The summed E-state index contributed by atoms with van der Waals surface area (Å²) in [6, 6.07) is 0. The zero-order valence-corrected chi connectivity index (χ0v) is 10.4. The van der Waals surface area contributed by atoms with E-state index in [9.17, 15) is 4.79 Å². The number of carbonyl (C=O) groups is 1. The van der Waals surface area contributed by atoms with E-state index in [1.54, 1.807) is 24.2 Å². The molecule has 1 N–H and O–H groups in total. The van der Waals surface area contributed by atoms with Crippen molar-refractivity contribution in [3.8, 4) is 5.75 Å². The second-order valence-electron chi connectivity index (χ2n) is 4.38. The molecule has 0 spiro atoms. The first-order valence-corrected chi connectivity index (χ1v) is 5.72. The SMILES string of the molecule is CO[C@@H]1CN(C(=O)O)C[C@H]1COc1cnn(C)c1. The van der Waals surface area contributed by atoms with Gasteiger partial charge in [0.15, 0.2) is 5.75 Å². The zero-order valence-electron chi connectivity index (χ0n) is 10.4. The van der Waals surface area contributed by atoms with Crippen molar-refractivity contribution < 1.29 is 19.4 Å².